The van der Waals surface area contributed by atoms with Gasteiger partial charge in [0, 0.05) is 9.13 Å². The molecule has 0 amide bonds. The number of fused-ring (bicyclic) bond motifs is 3. The van der Waals surface area contributed by atoms with Crippen LogP contribution in [0, 0.1) is 0 Å². The smallest absolute Gasteiger partial charge is 0.0688 e. The molecular formula is C22H33BrSi3. The molecule has 26 heavy (non-hydrogen) atoms. The van der Waals surface area contributed by atoms with E-state index in [1.54, 1.807) is 16.3 Å². The van der Waals surface area contributed by atoms with E-state index in [2.05, 4.69) is 111 Å². The molecule has 140 valence electrons. The van der Waals surface area contributed by atoms with Crippen LogP contribution in [0.1, 0.15) is 11.1 Å². The van der Waals surface area contributed by atoms with E-state index in [4.69, 9.17) is 0 Å². The van der Waals surface area contributed by atoms with Gasteiger partial charge in [0.15, 0.2) is 0 Å². The molecule has 0 unspecified atom stereocenters. The molecule has 0 saturated carbocycles. The molecule has 0 spiro atoms. The maximum Gasteiger partial charge on any atom is 0.0776 e. The Bertz CT molecular complexity index is 850. The first-order valence-corrected chi connectivity index (χ1v) is 21.0. The van der Waals surface area contributed by atoms with Gasteiger partial charge < -0.3 is 0 Å². The molecule has 1 aliphatic rings. The Hall–Kier alpha value is -0.429. The van der Waals surface area contributed by atoms with Crippen LogP contribution in [0.2, 0.25) is 58.9 Å². The van der Waals surface area contributed by atoms with Gasteiger partial charge in [-0.1, -0.05) is 104 Å². The van der Waals surface area contributed by atoms with Crippen molar-refractivity contribution in [3.05, 3.63) is 52.0 Å². The van der Waals surface area contributed by atoms with Crippen molar-refractivity contribution in [2.45, 2.75) is 63.6 Å². The fourth-order valence-corrected chi connectivity index (χ4v) is 20.1. The summed E-state index contributed by atoms with van der Waals surface area (Å²) in [5.74, 6) is 0. The summed E-state index contributed by atoms with van der Waals surface area (Å²) < 4.78 is 1.47. The van der Waals surface area contributed by atoms with Crippen molar-refractivity contribution in [1.29, 1.82) is 0 Å². The summed E-state index contributed by atoms with van der Waals surface area (Å²) in [6.45, 7) is 22.9. The monoisotopic (exact) mass is 460 g/mol. The summed E-state index contributed by atoms with van der Waals surface area (Å²) >= 11 is 3.78. The third-order valence-electron chi connectivity index (χ3n) is 6.22. The first-order valence-electron chi connectivity index (χ1n) is 9.67. The van der Waals surface area contributed by atoms with Gasteiger partial charge in [-0.25, -0.2) is 0 Å². The van der Waals surface area contributed by atoms with E-state index in [-0.39, 0.29) is 4.66 Å². The van der Waals surface area contributed by atoms with Crippen molar-refractivity contribution in [3.63, 3.8) is 0 Å². The second-order valence-electron chi connectivity index (χ2n) is 11.0. The normalized spacial score (nSPS) is 16.4. The Balaban J connectivity index is 2.51. The van der Waals surface area contributed by atoms with Crippen LogP contribution >= 0.6 is 15.9 Å². The highest BCUT2D eigenvalue weighted by Gasteiger charge is 2.59. The van der Waals surface area contributed by atoms with Crippen molar-refractivity contribution >= 4 is 45.3 Å². The average molecular weight is 462 g/mol. The number of halogens is 1. The lowest BCUT2D eigenvalue weighted by molar-refractivity contribution is 0.952. The zero-order valence-electron chi connectivity index (χ0n) is 17.8. The van der Waals surface area contributed by atoms with Crippen LogP contribution in [0.5, 0.6) is 0 Å². The molecule has 0 bridgehead atoms. The fraction of sp³-hybridized carbons (Fsp3) is 0.455. The maximum atomic E-state index is 3.78. The van der Waals surface area contributed by atoms with Gasteiger partial charge >= 0.3 is 0 Å². The summed E-state index contributed by atoms with van der Waals surface area (Å²) in [4.78, 5) is 0. The van der Waals surface area contributed by atoms with E-state index >= 15 is 0 Å². The molecule has 0 N–H and O–H groups in total. The van der Waals surface area contributed by atoms with E-state index in [1.807, 2.05) is 0 Å². The maximum absolute atomic E-state index is 3.78. The van der Waals surface area contributed by atoms with Crippen LogP contribution in [0.3, 0.4) is 0 Å². The van der Waals surface area contributed by atoms with E-state index in [0.29, 0.717) is 0 Å². The van der Waals surface area contributed by atoms with E-state index in [0.717, 1.165) is 0 Å². The van der Waals surface area contributed by atoms with Gasteiger partial charge in [-0.2, -0.15) is 0 Å². The minimum Gasteiger partial charge on any atom is -0.0688 e. The Morgan fingerprint density at radius 2 is 1.12 bits per heavy atom. The van der Waals surface area contributed by atoms with Crippen LogP contribution in [-0.2, 0) is 4.66 Å². The number of hydrogen-bond donors (Lipinski definition) is 0. The fourth-order valence-electron chi connectivity index (χ4n) is 5.50. The highest BCUT2D eigenvalue weighted by molar-refractivity contribution is 9.10. The average Bonchev–Trinajstić information content (AvgIpc) is 2.74. The SMILES string of the molecule is C[Si](C)(C)c1ccc2c(c1)C([Si](C)(C)C)([Si](C)(C)C)c1cc(Br)ccc1-2. The van der Waals surface area contributed by atoms with Gasteiger partial charge in [0.1, 0.15) is 0 Å². The quantitative estimate of drug-likeness (QED) is 0.431. The third kappa shape index (κ3) is 2.79. The zero-order valence-corrected chi connectivity index (χ0v) is 22.4. The molecule has 0 fully saturated rings. The van der Waals surface area contributed by atoms with Crippen LogP contribution in [0.15, 0.2) is 40.9 Å². The largest absolute Gasteiger partial charge is 0.0776 e. The minimum atomic E-state index is -1.56. The van der Waals surface area contributed by atoms with Crippen LogP contribution < -0.4 is 5.19 Å². The molecule has 0 aromatic heterocycles. The Morgan fingerprint density at radius 3 is 1.58 bits per heavy atom. The van der Waals surface area contributed by atoms with Gasteiger partial charge in [-0.15, -0.1) is 0 Å². The Kier molecular flexibility index (Phi) is 4.71. The minimum absolute atomic E-state index is 0.254. The Labute approximate surface area is 171 Å². The van der Waals surface area contributed by atoms with Crippen LogP contribution in [0.25, 0.3) is 11.1 Å². The molecule has 0 saturated heterocycles. The predicted octanol–water partition coefficient (Wildman–Crippen LogP) is 7.02. The summed E-state index contributed by atoms with van der Waals surface area (Å²) in [6.07, 6.45) is 0. The highest BCUT2D eigenvalue weighted by Crippen LogP contribution is 2.57. The van der Waals surface area contributed by atoms with Gasteiger partial charge in [-0.05, 0) is 34.4 Å². The third-order valence-corrected chi connectivity index (χ3v) is 18.8. The van der Waals surface area contributed by atoms with Gasteiger partial charge in [0.25, 0.3) is 0 Å². The molecule has 0 atom stereocenters. The molecule has 0 heterocycles. The van der Waals surface area contributed by atoms with Gasteiger partial charge in [0.05, 0.1) is 24.2 Å². The molecule has 0 aliphatic heterocycles. The molecule has 1 aliphatic carbocycles. The number of benzene rings is 2. The molecule has 3 rings (SSSR count). The highest BCUT2D eigenvalue weighted by atomic mass is 79.9. The van der Waals surface area contributed by atoms with Crippen LogP contribution in [0.4, 0.5) is 0 Å². The lowest BCUT2D eigenvalue weighted by atomic mass is 10.1. The van der Waals surface area contributed by atoms with Crippen LogP contribution in [-0.4, -0.2) is 24.2 Å². The standard InChI is InChI=1S/C22H33BrSi3/c1-24(2,3)17-11-13-19-18-12-10-16(23)14-20(18)22(21(19)15-17,25(4,5)6)26(7,8)9/h10-15H,1-9H3. The second-order valence-corrected chi connectivity index (χ2v) is 27.9. The predicted molar refractivity (Wildman–Crippen MR) is 130 cm³/mol. The molecule has 2 aromatic rings. The number of rotatable bonds is 3. The van der Waals surface area contributed by atoms with Crippen molar-refractivity contribution in [3.8, 4) is 11.1 Å². The summed E-state index contributed by atoms with van der Waals surface area (Å²) in [5, 5.41) is 1.60. The molecule has 0 nitrogen and oxygen atoms in total. The van der Waals surface area contributed by atoms with Gasteiger partial charge in [-0.3, -0.25) is 0 Å². The lowest BCUT2D eigenvalue weighted by Gasteiger charge is -2.51. The van der Waals surface area contributed by atoms with Gasteiger partial charge in [0.2, 0.25) is 0 Å². The summed E-state index contributed by atoms with van der Waals surface area (Å²) in [6, 6.07) is 14.5. The van der Waals surface area contributed by atoms with E-state index < -0.39 is 24.2 Å². The first-order chi connectivity index (χ1) is 11.7. The molecule has 4 heteroatoms. The number of hydrogen-bond acceptors (Lipinski definition) is 0. The van der Waals surface area contributed by atoms with Crippen molar-refractivity contribution < 1.29 is 0 Å². The van der Waals surface area contributed by atoms with Crippen molar-refractivity contribution in [1.82, 2.24) is 0 Å². The summed E-state index contributed by atoms with van der Waals surface area (Å²) in [5.41, 5.74) is 6.24. The molecule has 2 aromatic carbocycles. The molecule has 0 radical (unpaired) electrons. The Morgan fingerprint density at radius 1 is 0.654 bits per heavy atom. The van der Waals surface area contributed by atoms with Crippen molar-refractivity contribution in [2.24, 2.45) is 0 Å². The van der Waals surface area contributed by atoms with E-state index in [1.165, 1.54) is 15.6 Å². The van der Waals surface area contributed by atoms with Crippen molar-refractivity contribution in [2.75, 3.05) is 0 Å². The van der Waals surface area contributed by atoms with E-state index in [9.17, 15) is 0 Å². The zero-order chi connectivity index (χ0) is 19.7. The second kappa shape index (κ2) is 6.03. The topological polar surface area (TPSA) is 0 Å². The lowest BCUT2D eigenvalue weighted by Crippen LogP contribution is -2.63. The first kappa shape index (κ1) is 20.3. The summed E-state index contributed by atoms with van der Waals surface area (Å²) in [7, 11) is -4.47. The molecular weight excluding hydrogens is 428 g/mol.